The first-order chi connectivity index (χ1) is 7.77. The molecule has 0 amide bonds. The van der Waals surface area contributed by atoms with Crippen molar-refractivity contribution in [2.75, 3.05) is 11.5 Å². The number of thioether (sulfide) groups is 1. The molecule has 0 aliphatic heterocycles. The summed E-state index contributed by atoms with van der Waals surface area (Å²) in [5, 5.41) is 3.58. The maximum absolute atomic E-state index is 3.58. The van der Waals surface area contributed by atoms with Crippen LogP contribution in [0.3, 0.4) is 0 Å². The molecule has 1 aromatic rings. The van der Waals surface area contributed by atoms with E-state index in [9.17, 15) is 0 Å². The molecule has 1 rings (SSSR count). The molecule has 0 spiro atoms. The molecule has 1 N–H and O–H groups in total. The third-order valence-electron chi connectivity index (χ3n) is 2.80. The van der Waals surface area contributed by atoms with Crippen molar-refractivity contribution in [3.8, 4) is 0 Å². The van der Waals surface area contributed by atoms with E-state index >= 15 is 0 Å². The van der Waals surface area contributed by atoms with Crippen LogP contribution >= 0.6 is 11.8 Å². The average Bonchev–Trinajstić information content (AvgIpc) is 2.74. The Morgan fingerprint density at radius 2 is 2.25 bits per heavy atom. The highest BCUT2D eigenvalue weighted by Gasteiger charge is 2.03. The van der Waals surface area contributed by atoms with Crippen molar-refractivity contribution in [2.24, 2.45) is 0 Å². The zero-order valence-electron chi connectivity index (χ0n) is 10.7. The van der Waals surface area contributed by atoms with Crippen molar-refractivity contribution in [3.63, 3.8) is 0 Å². The van der Waals surface area contributed by atoms with Crippen molar-refractivity contribution in [1.82, 2.24) is 9.88 Å². The number of hydrogen-bond acceptors (Lipinski definition) is 2. The van der Waals surface area contributed by atoms with Gasteiger partial charge in [-0.15, -0.1) is 0 Å². The molecule has 0 fully saturated rings. The van der Waals surface area contributed by atoms with Gasteiger partial charge in [0.05, 0.1) is 0 Å². The van der Waals surface area contributed by atoms with E-state index in [0.29, 0.717) is 6.04 Å². The van der Waals surface area contributed by atoms with Crippen molar-refractivity contribution in [2.45, 2.75) is 46.3 Å². The SMILES string of the molecule is CCSCCC(C)NCc1cccn1CC. The largest absolute Gasteiger partial charge is 0.351 e. The molecule has 1 aromatic heterocycles. The van der Waals surface area contributed by atoms with Crippen LogP contribution in [0.2, 0.25) is 0 Å². The summed E-state index contributed by atoms with van der Waals surface area (Å²) in [5.41, 5.74) is 1.39. The van der Waals surface area contributed by atoms with E-state index in [1.165, 1.54) is 23.6 Å². The Labute approximate surface area is 104 Å². The minimum atomic E-state index is 0.610. The average molecular weight is 240 g/mol. The molecule has 92 valence electrons. The topological polar surface area (TPSA) is 17.0 Å². The highest BCUT2D eigenvalue weighted by Crippen LogP contribution is 2.06. The molecule has 0 saturated heterocycles. The Morgan fingerprint density at radius 3 is 2.94 bits per heavy atom. The summed E-state index contributed by atoms with van der Waals surface area (Å²) in [5.74, 6) is 2.49. The molecule has 0 saturated carbocycles. The summed E-state index contributed by atoms with van der Waals surface area (Å²) in [6.45, 7) is 8.72. The first-order valence-corrected chi connectivity index (χ1v) is 7.38. The fraction of sp³-hybridized carbons (Fsp3) is 0.692. The number of hydrogen-bond donors (Lipinski definition) is 1. The van der Waals surface area contributed by atoms with E-state index in [2.05, 4.69) is 49.0 Å². The lowest BCUT2D eigenvalue weighted by molar-refractivity contribution is 0.520. The van der Waals surface area contributed by atoms with Crippen LogP contribution in [0.25, 0.3) is 0 Å². The number of aromatic nitrogens is 1. The zero-order chi connectivity index (χ0) is 11.8. The van der Waals surface area contributed by atoms with Crippen LogP contribution in [-0.2, 0) is 13.1 Å². The van der Waals surface area contributed by atoms with Crippen LogP contribution in [0.1, 0.15) is 32.9 Å². The summed E-state index contributed by atoms with van der Waals surface area (Å²) in [6.07, 6.45) is 3.40. The van der Waals surface area contributed by atoms with Crippen molar-refractivity contribution < 1.29 is 0 Å². The van der Waals surface area contributed by atoms with Crippen LogP contribution in [0, 0.1) is 0 Å². The Morgan fingerprint density at radius 1 is 1.44 bits per heavy atom. The smallest absolute Gasteiger partial charge is 0.0361 e. The van der Waals surface area contributed by atoms with Gasteiger partial charge in [0.25, 0.3) is 0 Å². The highest BCUT2D eigenvalue weighted by molar-refractivity contribution is 7.99. The standard InChI is InChI=1S/C13H24N2S/c1-4-15-9-6-7-13(15)11-14-12(3)8-10-16-5-2/h6-7,9,12,14H,4-5,8,10-11H2,1-3H3. The number of nitrogens with zero attached hydrogens (tertiary/aromatic N) is 1. The van der Waals surface area contributed by atoms with Gasteiger partial charge in [-0.25, -0.2) is 0 Å². The van der Waals surface area contributed by atoms with Gasteiger partial charge in [0.15, 0.2) is 0 Å². The number of nitrogens with one attached hydrogen (secondary N) is 1. The Balaban J connectivity index is 2.23. The first kappa shape index (κ1) is 13.7. The van der Waals surface area contributed by atoms with Crippen molar-refractivity contribution >= 4 is 11.8 Å². The van der Waals surface area contributed by atoms with E-state index in [1.807, 2.05) is 11.8 Å². The van der Waals surface area contributed by atoms with Gasteiger partial charge in [0.1, 0.15) is 0 Å². The minimum absolute atomic E-state index is 0.610. The second-order valence-electron chi connectivity index (χ2n) is 4.05. The van der Waals surface area contributed by atoms with Gasteiger partial charge in [-0.2, -0.15) is 11.8 Å². The summed E-state index contributed by atoms with van der Waals surface area (Å²) in [6, 6.07) is 4.93. The maximum atomic E-state index is 3.58. The van der Waals surface area contributed by atoms with Gasteiger partial charge >= 0.3 is 0 Å². The van der Waals surface area contributed by atoms with Gasteiger partial charge in [-0.1, -0.05) is 6.92 Å². The summed E-state index contributed by atoms with van der Waals surface area (Å²) >= 11 is 2.02. The Bertz CT molecular complexity index is 283. The molecular formula is C13H24N2S. The first-order valence-electron chi connectivity index (χ1n) is 6.23. The lowest BCUT2D eigenvalue weighted by Gasteiger charge is -2.14. The summed E-state index contributed by atoms with van der Waals surface area (Å²) < 4.78 is 2.29. The molecule has 3 heteroatoms. The van der Waals surface area contributed by atoms with Gasteiger partial charge in [0, 0.05) is 31.0 Å². The van der Waals surface area contributed by atoms with E-state index in [0.717, 1.165) is 13.1 Å². The Kier molecular flexibility index (Phi) is 6.65. The van der Waals surface area contributed by atoms with Crippen molar-refractivity contribution in [3.05, 3.63) is 24.0 Å². The quantitative estimate of drug-likeness (QED) is 0.703. The normalized spacial score (nSPS) is 12.9. The van der Waals surface area contributed by atoms with Gasteiger partial charge < -0.3 is 9.88 Å². The molecular weight excluding hydrogens is 216 g/mol. The van der Waals surface area contributed by atoms with Gasteiger partial charge in [-0.05, 0) is 43.9 Å². The van der Waals surface area contributed by atoms with Crippen molar-refractivity contribution in [1.29, 1.82) is 0 Å². The lowest BCUT2D eigenvalue weighted by Crippen LogP contribution is -2.27. The molecule has 2 nitrogen and oxygen atoms in total. The molecule has 0 aromatic carbocycles. The molecule has 0 bridgehead atoms. The molecule has 1 atom stereocenters. The van der Waals surface area contributed by atoms with E-state index < -0.39 is 0 Å². The summed E-state index contributed by atoms with van der Waals surface area (Å²) in [7, 11) is 0. The molecule has 16 heavy (non-hydrogen) atoms. The minimum Gasteiger partial charge on any atom is -0.351 e. The fourth-order valence-corrected chi connectivity index (χ4v) is 2.51. The third kappa shape index (κ3) is 4.62. The monoisotopic (exact) mass is 240 g/mol. The predicted molar refractivity (Wildman–Crippen MR) is 74.0 cm³/mol. The molecule has 1 heterocycles. The highest BCUT2D eigenvalue weighted by atomic mass is 32.2. The maximum Gasteiger partial charge on any atom is 0.0361 e. The molecule has 0 radical (unpaired) electrons. The van der Waals surface area contributed by atoms with E-state index in [1.54, 1.807) is 0 Å². The van der Waals surface area contributed by atoms with Crippen LogP contribution in [-0.4, -0.2) is 22.1 Å². The number of aryl methyl sites for hydroxylation is 1. The molecule has 0 aliphatic carbocycles. The van der Waals surface area contributed by atoms with E-state index in [-0.39, 0.29) is 0 Å². The van der Waals surface area contributed by atoms with Crippen LogP contribution in [0.5, 0.6) is 0 Å². The van der Waals surface area contributed by atoms with Gasteiger partial charge in [0.2, 0.25) is 0 Å². The lowest BCUT2D eigenvalue weighted by atomic mass is 10.2. The van der Waals surface area contributed by atoms with Gasteiger partial charge in [-0.3, -0.25) is 0 Å². The zero-order valence-corrected chi connectivity index (χ0v) is 11.5. The van der Waals surface area contributed by atoms with Crippen LogP contribution in [0.4, 0.5) is 0 Å². The second kappa shape index (κ2) is 7.80. The van der Waals surface area contributed by atoms with E-state index in [4.69, 9.17) is 0 Å². The Hall–Kier alpha value is -0.410. The third-order valence-corrected chi connectivity index (χ3v) is 3.73. The van der Waals surface area contributed by atoms with Crippen LogP contribution in [0.15, 0.2) is 18.3 Å². The predicted octanol–water partition coefficient (Wildman–Crippen LogP) is 3.13. The fourth-order valence-electron chi connectivity index (χ4n) is 1.70. The molecule has 1 unspecified atom stereocenters. The summed E-state index contributed by atoms with van der Waals surface area (Å²) in [4.78, 5) is 0. The number of rotatable bonds is 8. The molecule has 0 aliphatic rings. The van der Waals surface area contributed by atoms with Crippen LogP contribution < -0.4 is 5.32 Å². The second-order valence-corrected chi connectivity index (χ2v) is 5.45.